The second-order valence-electron chi connectivity index (χ2n) is 6.54. The monoisotopic (exact) mass is 590 g/mol. The molecule has 0 atom stereocenters. The Labute approximate surface area is 231 Å². The van der Waals surface area contributed by atoms with Crippen LogP contribution in [0.4, 0.5) is 35.1 Å². The fraction of sp³-hybridized carbons (Fsp3) is 0.250. The van der Waals surface area contributed by atoms with Gasteiger partial charge in [0.25, 0.3) is 0 Å². The number of alkyl halides is 8. The Morgan fingerprint density at radius 2 is 0.868 bits per heavy atom. The minimum absolute atomic E-state index is 0. The van der Waals surface area contributed by atoms with E-state index in [1.54, 1.807) is 0 Å². The zero-order chi connectivity index (χ0) is 28.1. The fourth-order valence-electron chi connectivity index (χ4n) is 2.32. The number of phenols is 2. The molecular formula is C16H8F8Li2O10S2. The number of hydrogen-bond acceptors (Lipinski definition) is 10. The molecular weight excluding hydrogens is 582 g/mol. The molecule has 10 nitrogen and oxygen atoms in total. The molecule has 0 saturated carbocycles. The van der Waals surface area contributed by atoms with Crippen LogP contribution < -0.4 is 47.2 Å². The Morgan fingerprint density at radius 3 is 1.11 bits per heavy atom. The first kappa shape index (κ1) is 36.1. The van der Waals surface area contributed by atoms with Gasteiger partial charge in [0.2, 0.25) is 0 Å². The van der Waals surface area contributed by atoms with Gasteiger partial charge in [0.15, 0.2) is 20.2 Å². The summed E-state index contributed by atoms with van der Waals surface area (Å²) in [4.78, 5) is 0. The molecule has 2 rings (SSSR count). The third kappa shape index (κ3) is 6.80. The molecule has 0 radical (unpaired) electrons. The summed E-state index contributed by atoms with van der Waals surface area (Å²) in [6.07, 6.45) is -12.4. The average molecular weight is 590 g/mol. The van der Waals surface area contributed by atoms with Crippen LogP contribution in [0.3, 0.4) is 0 Å². The Bertz CT molecular complexity index is 1280. The fourth-order valence-corrected chi connectivity index (χ4v) is 2.99. The van der Waals surface area contributed by atoms with E-state index in [1.165, 1.54) is 0 Å². The summed E-state index contributed by atoms with van der Waals surface area (Å²) in [6.45, 7) is 0. The van der Waals surface area contributed by atoms with Crippen molar-refractivity contribution in [3.63, 3.8) is 0 Å². The first-order valence-electron chi connectivity index (χ1n) is 8.41. The van der Waals surface area contributed by atoms with Gasteiger partial charge < -0.3 is 28.8 Å². The van der Waals surface area contributed by atoms with Gasteiger partial charge in [-0.1, -0.05) is 0 Å². The summed E-state index contributed by atoms with van der Waals surface area (Å²) in [6, 6.07) is 2.14. The van der Waals surface area contributed by atoms with Crippen molar-refractivity contribution in [3.8, 4) is 34.1 Å². The van der Waals surface area contributed by atoms with E-state index in [-0.39, 0.29) is 49.9 Å². The quantitative estimate of drug-likeness (QED) is 0.174. The van der Waals surface area contributed by atoms with Gasteiger partial charge in [-0.3, -0.25) is 0 Å². The first-order chi connectivity index (χ1) is 15.9. The summed E-state index contributed by atoms with van der Waals surface area (Å²) in [7, 11) is -14.2. The normalized spacial score (nSPS) is 13.2. The second-order valence-corrected chi connectivity index (χ2v) is 9.38. The summed E-state index contributed by atoms with van der Waals surface area (Å²) < 4.78 is 180. The minimum Gasteiger partial charge on any atom is -0.743 e. The average Bonchev–Trinajstić information content (AvgIpc) is 2.66. The summed E-state index contributed by atoms with van der Waals surface area (Å²) in [5.41, 5.74) is -2.24. The standard InChI is InChI=1S/C16H10F8O10S2.2Li/c17-13(18,15(21,22)35(27,28)29)33-11-5-7(25)1-3-9(11)10-4-2-8(26)6-12(10)34-14(19,20)16(23,24)36(30,31)32;;/h1-6,25-26H,(H,27,28,29)(H,30,31,32);;/q;2*+1/p-2. The van der Waals surface area contributed by atoms with Gasteiger partial charge in [-0.15, -0.1) is 0 Å². The maximum Gasteiger partial charge on any atom is 1.00 e. The van der Waals surface area contributed by atoms with Gasteiger partial charge >= 0.3 is 60.4 Å². The van der Waals surface area contributed by atoms with Gasteiger partial charge in [0.05, 0.1) is 0 Å². The summed E-state index contributed by atoms with van der Waals surface area (Å²) >= 11 is 0. The first-order valence-corrected chi connectivity index (χ1v) is 11.2. The molecule has 0 fully saturated rings. The smallest absolute Gasteiger partial charge is 0.743 e. The van der Waals surface area contributed by atoms with Crippen LogP contribution in [0.15, 0.2) is 36.4 Å². The SMILES string of the molecule is O=S(=O)([O-])C(F)(F)C(F)(F)Oc1cc(O)ccc1-c1ccc(O)cc1OC(F)(F)C(F)(F)S(=O)(=O)[O-].[Li+].[Li+]. The molecule has 2 aromatic rings. The number of halogens is 8. The van der Waals surface area contributed by atoms with Crippen molar-refractivity contribution >= 4 is 20.2 Å². The molecule has 2 N–H and O–H groups in total. The van der Waals surface area contributed by atoms with E-state index in [2.05, 4.69) is 9.47 Å². The molecule has 2 aromatic carbocycles. The molecule has 0 aliphatic rings. The van der Waals surface area contributed by atoms with Crippen molar-refractivity contribution in [1.82, 2.24) is 0 Å². The number of aromatic hydroxyl groups is 2. The van der Waals surface area contributed by atoms with Crippen LogP contribution in [0, 0.1) is 0 Å². The van der Waals surface area contributed by atoms with E-state index < -0.39 is 77.1 Å². The van der Waals surface area contributed by atoms with Gasteiger partial charge in [0, 0.05) is 23.3 Å². The van der Waals surface area contributed by atoms with Crippen LogP contribution in [0.1, 0.15) is 0 Å². The topological polar surface area (TPSA) is 173 Å². The Hall–Kier alpha value is -1.91. The van der Waals surface area contributed by atoms with Crippen molar-refractivity contribution in [2.24, 2.45) is 0 Å². The third-order valence-electron chi connectivity index (χ3n) is 4.00. The van der Waals surface area contributed by atoms with Crippen LogP contribution in [0.2, 0.25) is 0 Å². The van der Waals surface area contributed by atoms with Crippen LogP contribution in [-0.4, -0.2) is 58.9 Å². The molecule has 0 spiro atoms. The Kier molecular flexibility index (Phi) is 10.7. The zero-order valence-corrected chi connectivity index (χ0v) is 20.1. The molecule has 0 heterocycles. The van der Waals surface area contributed by atoms with Crippen molar-refractivity contribution in [1.29, 1.82) is 0 Å². The van der Waals surface area contributed by atoms with E-state index in [0.29, 0.717) is 24.3 Å². The van der Waals surface area contributed by atoms with Gasteiger partial charge in [0.1, 0.15) is 23.0 Å². The van der Waals surface area contributed by atoms with Crippen LogP contribution in [0.5, 0.6) is 23.0 Å². The Morgan fingerprint density at radius 1 is 0.605 bits per heavy atom. The molecule has 0 bridgehead atoms. The molecule has 0 unspecified atom stereocenters. The number of hydrogen-bond donors (Lipinski definition) is 2. The summed E-state index contributed by atoms with van der Waals surface area (Å²) in [5, 5.41) is 6.04. The van der Waals surface area contributed by atoms with Crippen LogP contribution in [-0.2, 0) is 20.2 Å². The third-order valence-corrected chi connectivity index (χ3v) is 5.73. The molecule has 0 saturated heterocycles. The number of benzene rings is 2. The molecule has 0 amide bonds. The minimum atomic E-state index is -7.08. The van der Waals surface area contributed by atoms with E-state index in [4.69, 9.17) is 0 Å². The van der Waals surface area contributed by atoms with Crippen LogP contribution in [0.25, 0.3) is 11.1 Å². The largest absolute Gasteiger partial charge is 1.00 e. The van der Waals surface area contributed by atoms with Crippen molar-refractivity contribution in [2.45, 2.75) is 22.7 Å². The van der Waals surface area contributed by atoms with Gasteiger partial charge in [-0.25, -0.2) is 16.8 Å². The predicted octanol–water partition coefficient (Wildman–Crippen LogP) is -3.01. The molecule has 202 valence electrons. The van der Waals surface area contributed by atoms with Crippen molar-refractivity contribution < 1.29 is 118 Å². The maximum absolute atomic E-state index is 13.9. The van der Waals surface area contributed by atoms with Gasteiger partial charge in [-0.05, 0) is 24.3 Å². The Balaban J connectivity index is 0.00000684. The molecule has 0 aliphatic heterocycles. The number of ether oxygens (including phenoxy) is 2. The zero-order valence-electron chi connectivity index (χ0n) is 18.5. The number of rotatable bonds is 9. The van der Waals surface area contributed by atoms with E-state index in [0.717, 1.165) is 0 Å². The molecule has 38 heavy (non-hydrogen) atoms. The second kappa shape index (κ2) is 11.3. The van der Waals surface area contributed by atoms with E-state index in [1.807, 2.05) is 0 Å². The van der Waals surface area contributed by atoms with Gasteiger partial charge in [-0.2, -0.15) is 35.1 Å². The summed E-state index contributed by atoms with van der Waals surface area (Å²) in [5.74, 6) is -5.47. The van der Waals surface area contributed by atoms with Crippen LogP contribution >= 0.6 is 0 Å². The molecule has 0 aliphatic carbocycles. The maximum atomic E-state index is 13.9. The predicted molar refractivity (Wildman–Crippen MR) is 95.6 cm³/mol. The number of phenolic OH excluding ortho intramolecular Hbond substituents is 2. The van der Waals surface area contributed by atoms with Crippen molar-refractivity contribution in [3.05, 3.63) is 36.4 Å². The van der Waals surface area contributed by atoms with E-state index in [9.17, 15) is 71.3 Å². The molecule has 0 aromatic heterocycles. The van der Waals surface area contributed by atoms with E-state index >= 15 is 0 Å². The van der Waals surface area contributed by atoms with Crippen molar-refractivity contribution in [2.75, 3.05) is 0 Å². The molecule has 22 heteroatoms.